The number of primary amides is 1. The number of aryl methyl sites for hydroxylation is 1. The molecule has 0 bridgehead atoms. The monoisotopic (exact) mass is 452 g/mol. The Balaban J connectivity index is 1.41. The fourth-order valence-corrected chi connectivity index (χ4v) is 5.63. The number of para-hydroxylation sites is 1. The smallest absolute Gasteiger partial charge is 0.265 e. The maximum atomic E-state index is 13.3. The van der Waals surface area contributed by atoms with Crippen molar-refractivity contribution >= 4 is 34.6 Å². The second-order valence-electron chi connectivity index (χ2n) is 8.38. The number of benzene rings is 1. The molecule has 1 unspecified atom stereocenters. The fraction of sp³-hybridized carbons (Fsp3) is 0.409. The fourth-order valence-electron chi connectivity index (χ4n) is 4.50. The second-order valence-corrected chi connectivity index (χ2v) is 9.36. The summed E-state index contributed by atoms with van der Waals surface area (Å²) in [6, 6.07) is 7.58. The number of carbonyl (C=O) groups is 2. The van der Waals surface area contributed by atoms with Crippen LogP contribution in [0.3, 0.4) is 0 Å². The van der Waals surface area contributed by atoms with Gasteiger partial charge in [-0.15, -0.1) is 0 Å². The van der Waals surface area contributed by atoms with E-state index < -0.39 is 0 Å². The third-order valence-corrected chi connectivity index (χ3v) is 7.47. The lowest BCUT2D eigenvalue weighted by Crippen LogP contribution is -2.42. The molecule has 0 aliphatic carbocycles. The summed E-state index contributed by atoms with van der Waals surface area (Å²) < 4.78 is 3.35. The maximum Gasteiger partial charge on any atom is 0.265 e. The average molecular weight is 453 g/mol. The van der Waals surface area contributed by atoms with Crippen molar-refractivity contribution in [3.8, 4) is 5.69 Å². The molecule has 1 aromatic carbocycles. The first kappa shape index (κ1) is 20.7. The van der Waals surface area contributed by atoms with Crippen LogP contribution in [-0.2, 0) is 9.59 Å². The number of hydrogen-bond donors (Lipinski definition) is 1. The van der Waals surface area contributed by atoms with Crippen molar-refractivity contribution < 1.29 is 9.59 Å². The summed E-state index contributed by atoms with van der Waals surface area (Å²) in [5, 5.41) is 5.48. The second kappa shape index (κ2) is 8.09. The van der Waals surface area contributed by atoms with Crippen molar-refractivity contribution in [1.82, 2.24) is 24.2 Å². The van der Waals surface area contributed by atoms with E-state index in [2.05, 4.69) is 5.10 Å². The summed E-state index contributed by atoms with van der Waals surface area (Å²) in [6.45, 7) is 3.04. The lowest BCUT2D eigenvalue weighted by atomic mass is 9.96. The Hall–Kier alpha value is -3.14. The molecule has 4 heterocycles. The van der Waals surface area contributed by atoms with Crippen LogP contribution in [0.5, 0.6) is 0 Å². The van der Waals surface area contributed by atoms with Gasteiger partial charge in [0.25, 0.3) is 5.56 Å². The van der Waals surface area contributed by atoms with Gasteiger partial charge >= 0.3 is 0 Å². The predicted octanol–water partition coefficient (Wildman–Crippen LogP) is 1.65. The van der Waals surface area contributed by atoms with E-state index in [1.807, 2.05) is 31.2 Å². The zero-order chi connectivity index (χ0) is 22.4. The van der Waals surface area contributed by atoms with Gasteiger partial charge in [-0.25, -0.2) is 9.67 Å². The Morgan fingerprint density at radius 2 is 1.97 bits per heavy atom. The standard InChI is InChI=1S/C22H24N6O3S/c1-13-4-2-3-5-17(13)28-20-16(11-24-28)21(31)27-15(12-32-22(27)25-20)10-18(29)26-8-6-14(7-9-26)19(23)30/h2-5,11,14-15H,6-10,12H2,1H3,(H2,23,30). The molecule has 2 aliphatic heterocycles. The van der Waals surface area contributed by atoms with Crippen molar-refractivity contribution in [2.75, 3.05) is 18.8 Å². The van der Waals surface area contributed by atoms with Gasteiger partial charge in [0.15, 0.2) is 10.8 Å². The number of amides is 2. The predicted molar refractivity (Wildman–Crippen MR) is 121 cm³/mol. The van der Waals surface area contributed by atoms with Crippen LogP contribution in [0.1, 0.15) is 30.9 Å². The molecule has 10 heteroatoms. The summed E-state index contributed by atoms with van der Waals surface area (Å²) >= 11 is 1.49. The first-order chi connectivity index (χ1) is 15.4. The number of rotatable bonds is 4. The minimum Gasteiger partial charge on any atom is -0.369 e. The van der Waals surface area contributed by atoms with Crippen LogP contribution < -0.4 is 11.3 Å². The first-order valence-corrected chi connectivity index (χ1v) is 11.7. The molecule has 0 spiro atoms. The van der Waals surface area contributed by atoms with Gasteiger partial charge in [0, 0.05) is 31.2 Å². The van der Waals surface area contributed by atoms with Crippen LogP contribution in [0, 0.1) is 12.8 Å². The van der Waals surface area contributed by atoms with Crippen molar-refractivity contribution in [2.45, 2.75) is 37.4 Å². The highest BCUT2D eigenvalue weighted by molar-refractivity contribution is 7.99. The van der Waals surface area contributed by atoms with Crippen LogP contribution in [0.15, 0.2) is 40.4 Å². The highest BCUT2D eigenvalue weighted by Gasteiger charge is 2.32. The first-order valence-electron chi connectivity index (χ1n) is 10.7. The van der Waals surface area contributed by atoms with Gasteiger partial charge in [0.1, 0.15) is 5.39 Å². The van der Waals surface area contributed by atoms with Crippen molar-refractivity contribution in [3.05, 3.63) is 46.4 Å². The zero-order valence-electron chi connectivity index (χ0n) is 17.7. The number of piperidine rings is 1. The lowest BCUT2D eigenvalue weighted by Gasteiger charge is -2.31. The molecule has 32 heavy (non-hydrogen) atoms. The molecule has 2 N–H and O–H groups in total. The van der Waals surface area contributed by atoms with Crippen LogP contribution in [0.4, 0.5) is 0 Å². The van der Waals surface area contributed by atoms with Gasteiger partial charge < -0.3 is 10.6 Å². The van der Waals surface area contributed by atoms with Gasteiger partial charge in [-0.3, -0.25) is 19.0 Å². The number of hydrogen-bond acceptors (Lipinski definition) is 6. The van der Waals surface area contributed by atoms with Gasteiger partial charge in [0.05, 0.1) is 17.9 Å². The number of nitrogens with zero attached hydrogens (tertiary/aromatic N) is 5. The summed E-state index contributed by atoms with van der Waals surface area (Å²) in [6.07, 6.45) is 2.98. The number of nitrogens with two attached hydrogens (primary N) is 1. The third-order valence-electron chi connectivity index (χ3n) is 6.37. The number of fused-ring (bicyclic) bond motifs is 2. The van der Waals surface area contributed by atoms with Crippen LogP contribution in [0.25, 0.3) is 16.7 Å². The van der Waals surface area contributed by atoms with Gasteiger partial charge in [-0.2, -0.15) is 5.10 Å². The van der Waals surface area contributed by atoms with E-state index >= 15 is 0 Å². The Morgan fingerprint density at radius 3 is 2.69 bits per heavy atom. The molecule has 2 aliphatic rings. The maximum absolute atomic E-state index is 13.3. The SMILES string of the molecule is Cc1ccccc1-n1ncc2c(=O)n3c(nc21)SCC3CC(=O)N1CCC(C(N)=O)CC1. The number of carbonyl (C=O) groups excluding carboxylic acids is 2. The molecule has 1 atom stereocenters. The Bertz CT molecular complexity index is 1270. The normalized spacial score (nSPS) is 18.8. The summed E-state index contributed by atoms with van der Waals surface area (Å²) in [5.74, 6) is 0.155. The van der Waals surface area contributed by atoms with E-state index in [1.54, 1.807) is 20.3 Å². The molecule has 0 saturated carbocycles. The molecule has 9 nitrogen and oxygen atoms in total. The highest BCUT2D eigenvalue weighted by atomic mass is 32.2. The zero-order valence-corrected chi connectivity index (χ0v) is 18.5. The molecule has 2 aromatic heterocycles. The van der Waals surface area contributed by atoms with Crippen LogP contribution in [0.2, 0.25) is 0 Å². The van der Waals surface area contributed by atoms with E-state index in [4.69, 9.17) is 10.7 Å². The largest absolute Gasteiger partial charge is 0.369 e. The van der Waals surface area contributed by atoms with E-state index in [0.717, 1.165) is 11.3 Å². The molecule has 3 aromatic rings. The molecule has 1 fully saturated rings. The molecule has 5 rings (SSSR count). The molecule has 2 amide bonds. The average Bonchev–Trinajstić information content (AvgIpc) is 3.39. The molecular weight excluding hydrogens is 428 g/mol. The lowest BCUT2D eigenvalue weighted by molar-refractivity contribution is -0.135. The van der Waals surface area contributed by atoms with E-state index in [0.29, 0.717) is 47.9 Å². The van der Waals surface area contributed by atoms with E-state index in [-0.39, 0.29) is 35.8 Å². The van der Waals surface area contributed by atoms with Crippen molar-refractivity contribution in [3.63, 3.8) is 0 Å². The Morgan fingerprint density at radius 1 is 1.22 bits per heavy atom. The minimum absolute atomic E-state index is 0.00558. The Labute approximate surface area is 188 Å². The molecule has 1 saturated heterocycles. The minimum atomic E-state index is -0.300. The van der Waals surface area contributed by atoms with Crippen molar-refractivity contribution in [1.29, 1.82) is 0 Å². The van der Waals surface area contributed by atoms with E-state index in [1.165, 1.54) is 11.8 Å². The number of aromatic nitrogens is 4. The van der Waals surface area contributed by atoms with Crippen LogP contribution in [-0.4, -0.2) is 54.9 Å². The Kier molecular flexibility index (Phi) is 5.24. The molecule has 166 valence electrons. The highest BCUT2D eigenvalue weighted by Crippen LogP contribution is 2.34. The topological polar surface area (TPSA) is 116 Å². The van der Waals surface area contributed by atoms with Gasteiger partial charge in [-0.1, -0.05) is 30.0 Å². The molecule has 0 radical (unpaired) electrons. The molecular formula is C22H24N6O3S. The summed E-state index contributed by atoms with van der Waals surface area (Å²) in [7, 11) is 0. The van der Waals surface area contributed by atoms with Gasteiger partial charge in [-0.05, 0) is 31.4 Å². The van der Waals surface area contributed by atoms with Crippen LogP contribution >= 0.6 is 11.8 Å². The summed E-state index contributed by atoms with van der Waals surface area (Å²) in [5.41, 5.74) is 7.67. The quantitative estimate of drug-likeness (QED) is 0.602. The number of likely N-dealkylation sites (tertiary alicyclic amines) is 1. The van der Waals surface area contributed by atoms with Crippen molar-refractivity contribution in [2.24, 2.45) is 11.7 Å². The number of thioether (sulfide) groups is 1. The van der Waals surface area contributed by atoms with E-state index in [9.17, 15) is 14.4 Å². The third kappa shape index (κ3) is 3.48. The summed E-state index contributed by atoms with van der Waals surface area (Å²) in [4.78, 5) is 44.1. The van der Waals surface area contributed by atoms with Gasteiger partial charge in [0.2, 0.25) is 11.8 Å².